The van der Waals surface area contributed by atoms with Gasteiger partial charge in [0.2, 0.25) is 5.91 Å². The number of hydrogen-bond donors (Lipinski definition) is 3. The first kappa shape index (κ1) is 19.4. The summed E-state index contributed by atoms with van der Waals surface area (Å²) in [4.78, 5) is 35.7. The molecule has 0 aliphatic heterocycles. The Morgan fingerprint density at radius 3 is 2.21 bits per heavy atom. The molecule has 0 aromatic heterocycles. The van der Waals surface area contributed by atoms with E-state index in [0.29, 0.717) is 17.1 Å². The number of aliphatic carboxylic acids is 1. The summed E-state index contributed by atoms with van der Waals surface area (Å²) in [6.07, 6.45) is 0. The minimum atomic E-state index is -0.968. The molecule has 1 saturated carbocycles. The molecule has 2 aromatic rings. The zero-order valence-corrected chi connectivity index (χ0v) is 15.6. The van der Waals surface area contributed by atoms with Crippen molar-refractivity contribution in [1.82, 2.24) is 0 Å². The average Bonchev–Trinajstić information content (AvgIpc) is 3.24. The predicted molar refractivity (Wildman–Crippen MR) is 104 cm³/mol. The fourth-order valence-corrected chi connectivity index (χ4v) is 3.35. The van der Waals surface area contributed by atoms with Gasteiger partial charge in [-0.2, -0.15) is 0 Å². The van der Waals surface area contributed by atoms with Crippen molar-refractivity contribution in [2.45, 2.75) is 13.8 Å². The Bertz CT molecular complexity index is 895. The second kappa shape index (κ2) is 7.72. The Balaban J connectivity index is 1.56. The Hall–Kier alpha value is -3.35. The standard InChI is InChI=1S/C21H22N2O5/c1-21(2)17(18(21)20(26)27)19(25)23-14-8-6-7-13(11-14)22-16(24)12-28-15-9-4-3-5-10-15/h3-11,17-18H,12H2,1-2H3,(H,22,24)(H,23,25)(H,26,27)/t17-,18-/m1/s1. The van der Waals surface area contributed by atoms with Gasteiger partial charge >= 0.3 is 5.97 Å². The lowest BCUT2D eigenvalue weighted by Crippen LogP contribution is -2.20. The summed E-state index contributed by atoms with van der Waals surface area (Å²) in [5.74, 6) is -2.31. The number of rotatable bonds is 7. The molecular formula is C21H22N2O5. The van der Waals surface area contributed by atoms with Gasteiger partial charge in [-0.1, -0.05) is 38.1 Å². The van der Waals surface area contributed by atoms with Crippen molar-refractivity contribution < 1.29 is 24.2 Å². The number of anilines is 2. The quantitative estimate of drug-likeness (QED) is 0.683. The number of ether oxygens (including phenoxy) is 1. The summed E-state index contributed by atoms with van der Waals surface area (Å²) in [7, 11) is 0. The van der Waals surface area contributed by atoms with E-state index in [0.717, 1.165) is 0 Å². The van der Waals surface area contributed by atoms with Crippen LogP contribution in [-0.4, -0.2) is 29.5 Å². The highest BCUT2D eigenvalue weighted by Crippen LogP contribution is 2.58. The second-order valence-electron chi connectivity index (χ2n) is 7.33. The van der Waals surface area contributed by atoms with Crippen LogP contribution in [0.2, 0.25) is 0 Å². The molecule has 1 aliphatic carbocycles. The number of carbonyl (C=O) groups excluding carboxylic acids is 2. The van der Waals surface area contributed by atoms with Crippen LogP contribution in [0, 0.1) is 17.3 Å². The molecule has 7 heteroatoms. The van der Waals surface area contributed by atoms with Gasteiger partial charge in [0, 0.05) is 11.4 Å². The van der Waals surface area contributed by atoms with Gasteiger partial charge in [0.05, 0.1) is 11.8 Å². The van der Waals surface area contributed by atoms with Crippen molar-refractivity contribution >= 4 is 29.2 Å². The fourth-order valence-electron chi connectivity index (χ4n) is 3.35. The first-order valence-corrected chi connectivity index (χ1v) is 8.90. The average molecular weight is 382 g/mol. The molecule has 0 bridgehead atoms. The summed E-state index contributed by atoms with van der Waals surface area (Å²) >= 11 is 0. The Labute approximate surface area is 162 Å². The van der Waals surface area contributed by atoms with E-state index in [1.165, 1.54) is 0 Å². The molecule has 0 spiro atoms. The zero-order chi connectivity index (χ0) is 20.3. The van der Waals surface area contributed by atoms with Crippen molar-refractivity contribution in [1.29, 1.82) is 0 Å². The van der Waals surface area contributed by atoms with E-state index in [2.05, 4.69) is 10.6 Å². The van der Waals surface area contributed by atoms with E-state index in [-0.39, 0.29) is 18.4 Å². The molecule has 146 valence electrons. The van der Waals surface area contributed by atoms with Crippen molar-refractivity contribution in [3.05, 3.63) is 54.6 Å². The van der Waals surface area contributed by atoms with E-state index >= 15 is 0 Å². The lowest BCUT2D eigenvalue weighted by molar-refractivity contribution is -0.140. The van der Waals surface area contributed by atoms with Crippen LogP contribution in [0.1, 0.15) is 13.8 Å². The number of para-hydroxylation sites is 1. The summed E-state index contributed by atoms with van der Waals surface area (Å²) in [5.41, 5.74) is 0.416. The van der Waals surface area contributed by atoms with E-state index in [1.807, 2.05) is 18.2 Å². The normalized spacial score (nSPS) is 19.4. The Kier molecular flexibility index (Phi) is 5.35. The van der Waals surface area contributed by atoms with Crippen LogP contribution in [0.4, 0.5) is 11.4 Å². The van der Waals surface area contributed by atoms with Crippen LogP contribution in [-0.2, 0) is 14.4 Å². The molecule has 0 unspecified atom stereocenters. The highest BCUT2D eigenvalue weighted by molar-refractivity contribution is 6.00. The molecule has 28 heavy (non-hydrogen) atoms. The van der Waals surface area contributed by atoms with Gasteiger partial charge in [-0.25, -0.2) is 0 Å². The topological polar surface area (TPSA) is 105 Å². The molecule has 0 radical (unpaired) electrons. The maximum atomic E-state index is 12.4. The van der Waals surface area contributed by atoms with Crippen molar-refractivity contribution in [2.24, 2.45) is 17.3 Å². The minimum Gasteiger partial charge on any atom is -0.484 e. The van der Waals surface area contributed by atoms with Gasteiger partial charge in [0.25, 0.3) is 5.91 Å². The Morgan fingerprint density at radius 1 is 0.964 bits per heavy atom. The number of benzene rings is 2. The number of amides is 2. The van der Waals surface area contributed by atoms with Crippen LogP contribution in [0.15, 0.2) is 54.6 Å². The molecule has 3 rings (SSSR count). The van der Waals surface area contributed by atoms with Crippen LogP contribution < -0.4 is 15.4 Å². The molecular weight excluding hydrogens is 360 g/mol. The predicted octanol–water partition coefficient (Wildman–Crippen LogP) is 3.00. The van der Waals surface area contributed by atoms with Crippen LogP contribution in [0.25, 0.3) is 0 Å². The maximum Gasteiger partial charge on any atom is 0.307 e. The monoisotopic (exact) mass is 382 g/mol. The van der Waals surface area contributed by atoms with Gasteiger partial charge in [-0.3, -0.25) is 14.4 Å². The van der Waals surface area contributed by atoms with Crippen molar-refractivity contribution in [3.8, 4) is 5.75 Å². The minimum absolute atomic E-state index is 0.142. The largest absolute Gasteiger partial charge is 0.484 e. The fraction of sp³-hybridized carbons (Fsp3) is 0.286. The first-order valence-electron chi connectivity index (χ1n) is 8.90. The van der Waals surface area contributed by atoms with Crippen LogP contribution >= 0.6 is 0 Å². The number of carboxylic acids is 1. The highest BCUT2D eigenvalue weighted by atomic mass is 16.5. The molecule has 3 N–H and O–H groups in total. The molecule has 1 aliphatic rings. The van der Waals surface area contributed by atoms with E-state index < -0.39 is 23.2 Å². The Morgan fingerprint density at radius 2 is 1.61 bits per heavy atom. The highest BCUT2D eigenvalue weighted by Gasteiger charge is 2.65. The summed E-state index contributed by atoms with van der Waals surface area (Å²) in [5, 5.41) is 14.6. The molecule has 2 aromatic carbocycles. The third-order valence-electron chi connectivity index (χ3n) is 4.90. The zero-order valence-electron chi connectivity index (χ0n) is 15.6. The lowest BCUT2D eigenvalue weighted by atomic mass is 10.1. The van der Waals surface area contributed by atoms with Gasteiger partial charge in [0.1, 0.15) is 5.75 Å². The van der Waals surface area contributed by atoms with E-state index in [4.69, 9.17) is 4.74 Å². The van der Waals surface area contributed by atoms with Crippen LogP contribution in [0.3, 0.4) is 0 Å². The number of hydrogen-bond acceptors (Lipinski definition) is 4. The molecule has 1 fully saturated rings. The van der Waals surface area contributed by atoms with E-state index in [9.17, 15) is 19.5 Å². The number of carboxylic acid groups (broad SMARTS) is 1. The van der Waals surface area contributed by atoms with Gasteiger partial charge < -0.3 is 20.5 Å². The van der Waals surface area contributed by atoms with Gasteiger partial charge in [0.15, 0.2) is 6.61 Å². The third kappa shape index (κ3) is 4.31. The van der Waals surface area contributed by atoms with Gasteiger partial charge in [-0.05, 0) is 35.7 Å². The smallest absolute Gasteiger partial charge is 0.307 e. The SMILES string of the molecule is CC1(C)[C@@H](C(=O)O)[C@@H]1C(=O)Nc1cccc(NC(=O)COc2ccccc2)c1. The van der Waals surface area contributed by atoms with Crippen molar-refractivity contribution in [3.63, 3.8) is 0 Å². The van der Waals surface area contributed by atoms with Gasteiger partial charge in [-0.15, -0.1) is 0 Å². The number of nitrogens with one attached hydrogen (secondary N) is 2. The summed E-state index contributed by atoms with van der Waals surface area (Å²) < 4.78 is 5.39. The third-order valence-corrected chi connectivity index (χ3v) is 4.90. The number of carbonyl (C=O) groups is 3. The summed E-state index contributed by atoms with van der Waals surface area (Å²) in [6.45, 7) is 3.38. The lowest BCUT2D eigenvalue weighted by Gasteiger charge is -2.10. The molecule has 2 amide bonds. The van der Waals surface area contributed by atoms with Crippen LogP contribution in [0.5, 0.6) is 5.75 Å². The first-order chi connectivity index (χ1) is 13.3. The van der Waals surface area contributed by atoms with Crippen molar-refractivity contribution in [2.75, 3.05) is 17.2 Å². The maximum absolute atomic E-state index is 12.4. The molecule has 0 saturated heterocycles. The molecule has 7 nitrogen and oxygen atoms in total. The molecule has 2 atom stereocenters. The molecule has 0 heterocycles. The summed E-state index contributed by atoms with van der Waals surface area (Å²) in [6, 6.07) is 15.7. The van der Waals surface area contributed by atoms with E-state index in [1.54, 1.807) is 50.2 Å². The second-order valence-corrected chi connectivity index (χ2v) is 7.33.